The number of rotatable bonds is 8. The predicted octanol–water partition coefficient (Wildman–Crippen LogP) is 2.33. The minimum absolute atomic E-state index is 0.0869. The van der Waals surface area contributed by atoms with E-state index in [9.17, 15) is 9.59 Å². The first kappa shape index (κ1) is 16.2. The van der Waals surface area contributed by atoms with Gasteiger partial charge in [-0.2, -0.15) is 0 Å². The van der Waals surface area contributed by atoms with Gasteiger partial charge >= 0.3 is 0 Å². The number of hydrogen-bond acceptors (Lipinski definition) is 2. The van der Waals surface area contributed by atoms with Crippen LogP contribution in [-0.2, 0) is 16.1 Å². The van der Waals surface area contributed by atoms with E-state index in [4.69, 9.17) is 5.73 Å². The smallest absolute Gasteiger partial charge is 0.222 e. The molecular formula is C16H24N2O2. The number of nitrogens with zero attached hydrogens (tertiary/aromatic N) is 1. The van der Waals surface area contributed by atoms with Crippen LogP contribution in [0.25, 0.3) is 0 Å². The fourth-order valence-electron chi connectivity index (χ4n) is 1.91. The quantitative estimate of drug-likeness (QED) is 0.792. The molecule has 0 fully saturated rings. The van der Waals surface area contributed by atoms with Gasteiger partial charge in [-0.05, 0) is 17.9 Å². The van der Waals surface area contributed by atoms with E-state index in [1.807, 2.05) is 30.3 Å². The molecule has 0 atom stereocenters. The zero-order valence-electron chi connectivity index (χ0n) is 12.3. The van der Waals surface area contributed by atoms with E-state index in [0.717, 1.165) is 12.0 Å². The van der Waals surface area contributed by atoms with Gasteiger partial charge in [-0.25, -0.2) is 0 Å². The van der Waals surface area contributed by atoms with Crippen molar-refractivity contribution in [2.45, 2.75) is 39.7 Å². The summed E-state index contributed by atoms with van der Waals surface area (Å²) >= 11 is 0. The van der Waals surface area contributed by atoms with Crippen molar-refractivity contribution in [3.8, 4) is 0 Å². The first-order valence-electron chi connectivity index (χ1n) is 7.09. The second-order valence-corrected chi connectivity index (χ2v) is 5.45. The second kappa shape index (κ2) is 8.35. The van der Waals surface area contributed by atoms with Crippen LogP contribution in [0.15, 0.2) is 30.3 Å². The monoisotopic (exact) mass is 276 g/mol. The Morgan fingerprint density at radius 2 is 1.80 bits per heavy atom. The van der Waals surface area contributed by atoms with E-state index < -0.39 is 0 Å². The maximum Gasteiger partial charge on any atom is 0.222 e. The Labute approximate surface area is 121 Å². The van der Waals surface area contributed by atoms with Gasteiger partial charge in [-0.1, -0.05) is 44.2 Å². The third kappa shape index (κ3) is 6.36. The highest BCUT2D eigenvalue weighted by molar-refractivity contribution is 5.78. The Kier molecular flexibility index (Phi) is 6.77. The highest BCUT2D eigenvalue weighted by atomic mass is 16.2. The van der Waals surface area contributed by atoms with Crippen molar-refractivity contribution in [3.63, 3.8) is 0 Å². The Morgan fingerprint density at radius 1 is 1.15 bits per heavy atom. The topological polar surface area (TPSA) is 63.4 Å². The first-order valence-corrected chi connectivity index (χ1v) is 7.09. The van der Waals surface area contributed by atoms with Crippen LogP contribution in [0.1, 0.15) is 38.7 Å². The molecule has 20 heavy (non-hydrogen) atoms. The fourth-order valence-corrected chi connectivity index (χ4v) is 1.91. The maximum atomic E-state index is 12.2. The Hall–Kier alpha value is -1.84. The van der Waals surface area contributed by atoms with Crippen molar-refractivity contribution in [1.29, 1.82) is 0 Å². The number of benzene rings is 1. The Bertz CT molecular complexity index is 429. The van der Waals surface area contributed by atoms with E-state index >= 15 is 0 Å². The van der Waals surface area contributed by atoms with E-state index in [-0.39, 0.29) is 18.2 Å². The van der Waals surface area contributed by atoms with Gasteiger partial charge in [0.1, 0.15) is 0 Å². The SMILES string of the molecule is CC(C)CCC(=O)N(CCC(N)=O)Cc1ccccc1. The summed E-state index contributed by atoms with van der Waals surface area (Å²) in [4.78, 5) is 24.9. The number of amides is 2. The van der Waals surface area contributed by atoms with Gasteiger partial charge in [0.05, 0.1) is 0 Å². The lowest BCUT2D eigenvalue weighted by Crippen LogP contribution is -2.33. The number of primary amides is 1. The third-order valence-corrected chi connectivity index (χ3v) is 3.13. The molecule has 0 aliphatic heterocycles. The van der Waals surface area contributed by atoms with Crippen molar-refractivity contribution in [2.24, 2.45) is 11.7 Å². The normalized spacial score (nSPS) is 10.6. The van der Waals surface area contributed by atoms with Crippen molar-refractivity contribution in [2.75, 3.05) is 6.54 Å². The summed E-state index contributed by atoms with van der Waals surface area (Å²) < 4.78 is 0. The second-order valence-electron chi connectivity index (χ2n) is 5.45. The van der Waals surface area contributed by atoms with E-state index in [1.165, 1.54) is 0 Å². The Balaban J connectivity index is 2.63. The summed E-state index contributed by atoms with van der Waals surface area (Å²) in [6, 6.07) is 9.79. The minimum atomic E-state index is -0.375. The van der Waals surface area contributed by atoms with Crippen LogP contribution < -0.4 is 5.73 Å². The molecule has 2 N–H and O–H groups in total. The van der Waals surface area contributed by atoms with E-state index in [2.05, 4.69) is 13.8 Å². The summed E-state index contributed by atoms with van der Waals surface area (Å²) in [5.41, 5.74) is 6.24. The number of carbonyl (C=O) groups excluding carboxylic acids is 2. The van der Waals surface area contributed by atoms with Gasteiger partial charge in [0.15, 0.2) is 0 Å². The molecule has 1 rings (SSSR count). The van der Waals surface area contributed by atoms with Gasteiger partial charge < -0.3 is 10.6 Å². The van der Waals surface area contributed by atoms with Crippen LogP contribution in [0.2, 0.25) is 0 Å². The number of nitrogens with two attached hydrogens (primary N) is 1. The van der Waals surface area contributed by atoms with Crippen molar-refractivity contribution in [3.05, 3.63) is 35.9 Å². The summed E-state index contributed by atoms with van der Waals surface area (Å²) in [7, 11) is 0. The molecule has 0 unspecified atom stereocenters. The molecule has 0 heterocycles. The molecule has 0 aliphatic rings. The molecule has 0 aromatic heterocycles. The van der Waals surface area contributed by atoms with Gasteiger partial charge in [-0.15, -0.1) is 0 Å². The molecular weight excluding hydrogens is 252 g/mol. The lowest BCUT2D eigenvalue weighted by molar-refractivity contribution is -0.132. The molecule has 1 aromatic rings. The van der Waals surface area contributed by atoms with Crippen LogP contribution in [0, 0.1) is 5.92 Å². The summed E-state index contributed by atoms with van der Waals surface area (Å²) in [5.74, 6) is 0.206. The zero-order valence-corrected chi connectivity index (χ0v) is 12.3. The number of carbonyl (C=O) groups is 2. The van der Waals surface area contributed by atoms with Crippen LogP contribution in [0.5, 0.6) is 0 Å². The molecule has 0 radical (unpaired) electrons. The van der Waals surface area contributed by atoms with Crippen molar-refractivity contribution in [1.82, 2.24) is 4.90 Å². The maximum absolute atomic E-state index is 12.2. The highest BCUT2D eigenvalue weighted by Gasteiger charge is 2.15. The molecule has 1 aromatic carbocycles. The van der Waals surface area contributed by atoms with E-state index in [0.29, 0.717) is 25.4 Å². The van der Waals surface area contributed by atoms with Crippen LogP contribution in [0.4, 0.5) is 0 Å². The first-order chi connectivity index (χ1) is 9.49. The van der Waals surface area contributed by atoms with Crippen LogP contribution >= 0.6 is 0 Å². The lowest BCUT2D eigenvalue weighted by atomic mass is 10.1. The van der Waals surface area contributed by atoms with Gasteiger partial charge in [0, 0.05) is 25.9 Å². The summed E-state index contributed by atoms with van der Waals surface area (Å²) in [6.45, 7) is 5.11. The molecule has 0 spiro atoms. The van der Waals surface area contributed by atoms with Gasteiger partial charge in [0.2, 0.25) is 11.8 Å². The lowest BCUT2D eigenvalue weighted by Gasteiger charge is -2.23. The molecule has 0 bridgehead atoms. The zero-order chi connectivity index (χ0) is 15.0. The van der Waals surface area contributed by atoms with Gasteiger partial charge in [0.25, 0.3) is 0 Å². The fraction of sp³-hybridized carbons (Fsp3) is 0.500. The molecule has 4 heteroatoms. The summed E-state index contributed by atoms with van der Waals surface area (Å²) in [5, 5.41) is 0. The van der Waals surface area contributed by atoms with Crippen molar-refractivity contribution >= 4 is 11.8 Å². The van der Waals surface area contributed by atoms with Gasteiger partial charge in [-0.3, -0.25) is 9.59 Å². The van der Waals surface area contributed by atoms with E-state index in [1.54, 1.807) is 4.90 Å². The molecule has 0 saturated heterocycles. The standard InChI is InChI=1S/C16H24N2O2/c1-13(2)8-9-16(20)18(11-10-15(17)19)12-14-6-4-3-5-7-14/h3-7,13H,8-12H2,1-2H3,(H2,17,19). The predicted molar refractivity (Wildman–Crippen MR) is 79.7 cm³/mol. The molecule has 110 valence electrons. The Morgan fingerprint density at radius 3 is 2.35 bits per heavy atom. The average Bonchev–Trinajstić information content (AvgIpc) is 2.41. The molecule has 4 nitrogen and oxygen atoms in total. The summed E-state index contributed by atoms with van der Waals surface area (Å²) in [6.07, 6.45) is 1.59. The third-order valence-electron chi connectivity index (χ3n) is 3.13. The molecule has 2 amide bonds. The van der Waals surface area contributed by atoms with Crippen molar-refractivity contribution < 1.29 is 9.59 Å². The average molecular weight is 276 g/mol. The minimum Gasteiger partial charge on any atom is -0.370 e. The number of hydrogen-bond donors (Lipinski definition) is 1. The highest BCUT2D eigenvalue weighted by Crippen LogP contribution is 2.10. The largest absolute Gasteiger partial charge is 0.370 e. The molecule has 0 saturated carbocycles. The van der Waals surface area contributed by atoms with Crippen LogP contribution in [0.3, 0.4) is 0 Å². The molecule has 0 aliphatic carbocycles. The van der Waals surface area contributed by atoms with Crippen LogP contribution in [-0.4, -0.2) is 23.3 Å².